The number of anilines is 1. The molecule has 0 fully saturated rings. The number of rotatable bonds is 5. The van der Waals surface area contributed by atoms with Gasteiger partial charge in [0.05, 0.1) is 23.9 Å². The summed E-state index contributed by atoms with van der Waals surface area (Å²) in [6.45, 7) is 0. The zero-order valence-electron chi connectivity index (χ0n) is 13.5. The van der Waals surface area contributed by atoms with Crippen LogP contribution in [0.15, 0.2) is 53.8 Å². The summed E-state index contributed by atoms with van der Waals surface area (Å²) in [4.78, 5) is 7.54. The molecule has 0 spiro atoms. The maximum Gasteiger partial charge on any atom is 0.434 e. The summed E-state index contributed by atoms with van der Waals surface area (Å²) in [6, 6.07) is 11.9. The number of halogens is 3. The summed E-state index contributed by atoms with van der Waals surface area (Å²) >= 11 is 0.839. The number of pyridine rings is 1. The Labute approximate surface area is 151 Å². The van der Waals surface area contributed by atoms with Crippen molar-refractivity contribution in [3.05, 3.63) is 59.9 Å². The smallest absolute Gasteiger partial charge is 0.434 e. The lowest BCUT2D eigenvalue weighted by Gasteiger charge is -2.04. The first-order chi connectivity index (χ1) is 12.5. The third-order valence-electron chi connectivity index (χ3n) is 3.26. The van der Waals surface area contributed by atoms with E-state index < -0.39 is 11.9 Å². The highest BCUT2D eigenvalue weighted by Crippen LogP contribution is 2.41. The van der Waals surface area contributed by atoms with Crippen LogP contribution in [-0.2, 0) is 6.18 Å². The van der Waals surface area contributed by atoms with Gasteiger partial charge in [0.15, 0.2) is 5.69 Å². The summed E-state index contributed by atoms with van der Waals surface area (Å²) in [5.41, 5.74) is 2.50. The van der Waals surface area contributed by atoms with Gasteiger partial charge in [0.1, 0.15) is 5.75 Å². The monoisotopic (exact) mass is 378 g/mol. The number of nitrogens with one attached hydrogen (secondary N) is 1. The first-order valence-corrected chi connectivity index (χ1v) is 8.21. The van der Waals surface area contributed by atoms with Gasteiger partial charge < -0.3 is 4.74 Å². The summed E-state index contributed by atoms with van der Waals surface area (Å²) in [5.74, 6) is 0.653. The van der Waals surface area contributed by atoms with Gasteiger partial charge in [-0.1, -0.05) is 29.5 Å². The minimum absolute atomic E-state index is 0.0251. The van der Waals surface area contributed by atoms with E-state index in [4.69, 9.17) is 4.74 Å². The largest absolute Gasteiger partial charge is 0.497 e. The molecular formula is C17H13F3N4OS. The lowest BCUT2D eigenvalue weighted by molar-refractivity contribution is -0.140. The fourth-order valence-electron chi connectivity index (χ4n) is 2.11. The standard InChI is InChI=1S/C17H13F3N4OS/c1-25-12-6-4-5-11(9-12)10-22-24-16-23-15(17(18,19)20)14(26-16)13-7-2-3-8-21-13/h2-10H,1H3,(H,23,24)/b22-10-. The van der Waals surface area contributed by atoms with Crippen molar-refractivity contribution in [2.75, 3.05) is 12.5 Å². The molecule has 0 saturated carbocycles. The van der Waals surface area contributed by atoms with Crippen molar-refractivity contribution in [3.8, 4) is 16.3 Å². The van der Waals surface area contributed by atoms with Crippen molar-refractivity contribution in [2.45, 2.75) is 6.18 Å². The molecule has 1 N–H and O–H groups in total. The maximum absolute atomic E-state index is 13.3. The number of alkyl halides is 3. The molecular weight excluding hydrogens is 365 g/mol. The Morgan fingerprint density at radius 2 is 2.04 bits per heavy atom. The Hall–Kier alpha value is -2.94. The SMILES string of the molecule is COc1cccc(/C=N\Nc2nc(C(F)(F)F)c(-c3ccccn3)s2)c1. The second-order valence-corrected chi connectivity index (χ2v) is 6.06. The molecule has 134 valence electrons. The molecule has 0 unspecified atom stereocenters. The Kier molecular flexibility index (Phi) is 5.17. The van der Waals surface area contributed by atoms with Gasteiger partial charge in [0.2, 0.25) is 5.13 Å². The fourth-order valence-corrected chi connectivity index (χ4v) is 3.03. The minimum atomic E-state index is -4.58. The number of methoxy groups -OCH3 is 1. The number of hydrogen-bond donors (Lipinski definition) is 1. The molecule has 5 nitrogen and oxygen atoms in total. The lowest BCUT2D eigenvalue weighted by Crippen LogP contribution is -2.07. The predicted molar refractivity (Wildman–Crippen MR) is 94.6 cm³/mol. The molecule has 3 rings (SSSR count). The average molecular weight is 378 g/mol. The van der Waals surface area contributed by atoms with Crippen LogP contribution in [0.25, 0.3) is 10.6 Å². The Morgan fingerprint density at radius 1 is 1.19 bits per heavy atom. The molecule has 2 aromatic heterocycles. The van der Waals surface area contributed by atoms with E-state index in [-0.39, 0.29) is 15.7 Å². The molecule has 0 aliphatic heterocycles. The molecule has 0 radical (unpaired) electrons. The van der Waals surface area contributed by atoms with E-state index in [9.17, 15) is 13.2 Å². The van der Waals surface area contributed by atoms with Crippen LogP contribution in [0, 0.1) is 0 Å². The molecule has 0 bridgehead atoms. The van der Waals surface area contributed by atoms with Gasteiger partial charge in [-0.15, -0.1) is 0 Å². The molecule has 0 amide bonds. The number of nitrogens with zero attached hydrogens (tertiary/aromatic N) is 3. The van der Waals surface area contributed by atoms with Crippen molar-refractivity contribution in [3.63, 3.8) is 0 Å². The highest BCUT2D eigenvalue weighted by atomic mass is 32.1. The maximum atomic E-state index is 13.3. The first kappa shape index (κ1) is 17.9. The van der Waals surface area contributed by atoms with Crippen LogP contribution in [-0.4, -0.2) is 23.3 Å². The molecule has 0 aliphatic rings. The van der Waals surface area contributed by atoms with Gasteiger partial charge in [-0.25, -0.2) is 4.98 Å². The summed E-state index contributed by atoms with van der Waals surface area (Å²) < 4.78 is 44.9. The number of hydrazone groups is 1. The van der Waals surface area contributed by atoms with Crippen LogP contribution in [0.1, 0.15) is 11.3 Å². The van der Waals surface area contributed by atoms with Crippen LogP contribution in [0.4, 0.5) is 18.3 Å². The number of benzene rings is 1. The van der Waals surface area contributed by atoms with Crippen LogP contribution < -0.4 is 10.2 Å². The highest BCUT2D eigenvalue weighted by molar-refractivity contribution is 7.19. The fraction of sp³-hybridized carbons (Fsp3) is 0.118. The number of thiazole rings is 1. The van der Waals surface area contributed by atoms with E-state index in [1.165, 1.54) is 18.5 Å². The van der Waals surface area contributed by atoms with Crippen LogP contribution in [0.2, 0.25) is 0 Å². The van der Waals surface area contributed by atoms with Gasteiger partial charge in [-0.2, -0.15) is 18.3 Å². The minimum Gasteiger partial charge on any atom is -0.497 e. The van der Waals surface area contributed by atoms with Crippen molar-refractivity contribution in [2.24, 2.45) is 5.10 Å². The molecule has 0 atom stereocenters. The van der Waals surface area contributed by atoms with Gasteiger partial charge in [0.25, 0.3) is 0 Å². The van der Waals surface area contributed by atoms with Crippen LogP contribution >= 0.6 is 11.3 Å². The third-order valence-corrected chi connectivity index (χ3v) is 4.24. The molecule has 9 heteroatoms. The zero-order chi connectivity index (χ0) is 18.6. The van der Waals surface area contributed by atoms with E-state index in [0.717, 1.165) is 16.9 Å². The van der Waals surface area contributed by atoms with Gasteiger partial charge in [0, 0.05) is 6.20 Å². The number of hydrogen-bond acceptors (Lipinski definition) is 6. The zero-order valence-corrected chi connectivity index (χ0v) is 14.3. The van der Waals surface area contributed by atoms with Crippen molar-refractivity contribution in [1.82, 2.24) is 9.97 Å². The highest BCUT2D eigenvalue weighted by Gasteiger charge is 2.38. The van der Waals surface area contributed by atoms with E-state index >= 15 is 0 Å². The van der Waals surface area contributed by atoms with E-state index in [0.29, 0.717) is 5.75 Å². The van der Waals surface area contributed by atoms with Gasteiger partial charge in [-0.3, -0.25) is 10.4 Å². The quantitative estimate of drug-likeness (QED) is 0.517. The molecule has 1 aromatic carbocycles. The topological polar surface area (TPSA) is 59.4 Å². The van der Waals surface area contributed by atoms with Crippen LogP contribution in [0.3, 0.4) is 0 Å². The summed E-state index contributed by atoms with van der Waals surface area (Å²) in [6.07, 6.45) is -1.68. The van der Waals surface area contributed by atoms with E-state index in [1.807, 2.05) is 0 Å². The van der Waals surface area contributed by atoms with Gasteiger partial charge in [-0.05, 0) is 29.8 Å². The first-order valence-electron chi connectivity index (χ1n) is 7.40. The summed E-state index contributed by atoms with van der Waals surface area (Å²) in [5, 5.41) is 3.97. The molecule has 2 heterocycles. The van der Waals surface area contributed by atoms with Gasteiger partial charge >= 0.3 is 6.18 Å². The van der Waals surface area contributed by atoms with Crippen LogP contribution in [0.5, 0.6) is 5.75 Å². The second kappa shape index (κ2) is 7.52. The van der Waals surface area contributed by atoms with Crippen molar-refractivity contribution in [1.29, 1.82) is 0 Å². The summed E-state index contributed by atoms with van der Waals surface area (Å²) in [7, 11) is 1.54. The molecule has 0 aliphatic carbocycles. The third kappa shape index (κ3) is 4.17. The Balaban J connectivity index is 1.84. The number of aromatic nitrogens is 2. The Morgan fingerprint density at radius 3 is 2.73 bits per heavy atom. The molecule has 3 aromatic rings. The van der Waals surface area contributed by atoms with Crippen molar-refractivity contribution >= 4 is 22.7 Å². The average Bonchev–Trinajstić information content (AvgIpc) is 3.07. The van der Waals surface area contributed by atoms with E-state index in [2.05, 4.69) is 20.5 Å². The lowest BCUT2D eigenvalue weighted by atomic mass is 10.2. The van der Waals surface area contributed by atoms with E-state index in [1.54, 1.807) is 43.5 Å². The number of ether oxygens (including phenoxy) is 1. The predicted octanol–water partition coefficient (Wildman–Crippen LogP) is 4.68. The normalized spacial score (nSPS) is 11.7. The second-order valence-electron chi connectivity index (χ2n) is 5.06. The Bertz CT molecular complexity index is 910. The van der Waals surface area contributed by atoms with Crippen molar-refractivity contribution < 1.29 is 17.9 Å². The molecule has 26 heavy (non-hydrogen) atoms. The molecule has 0 saturated heterocycles.